The molecule has 28 heavy (non-hydrogen) atoms. The number of hydrogen-bond acceptors (Lipinski definition) is 3. The molecule has 0 bridgehead atoms. The van der Waals surface area contributed by atoms with E-state index in [1.165, 1.54) is 16.9 Å². The minimum Gasteiger partial charge on any atom is -0.487 e. The Labute approximate surface area is 174 Å². The van der Waals surface area contributed by atoms with Gasteiger partial charge in [0, 0.05) is 12.1 Å². The van der Waals surface area contributed by atoms with Gasteiger partial charge in [0.2, 0.25) is 0 Å². The van der Waals surface area contributed by atoms with E-state index in [0.29, 0.717) is 17.4 Å². The van der Waals surface area contributed by atoms with E-state index in [4.69, 9.17) is 16.3 Å². The van der Waals surface area contributed by atoms with Crippen LogP contribution in [0.1, 0.15) is 46.1 Å². The molecule has 144 valence electrons. The Balaban J connectivity index is 1.46. The molecule has 3 nitrogen and oxygen atoms in total. The number of hydrogen-bond donors (Lipinski definition) is 0. The molecule has 1 fully saturated rings. The molecule has 0 saturated carbocycles. The summed E-state index contributed by atoms with van der Waals surface area (Å²) in [6.07, 6.45) is 3.23. The van der Waals surface area contributed by atoms with Crippen LogP contribution in [0.25, 0.3) is 0 Å². The molecule has 3 aromatic rings. The van der Waals surface area contributed by atoms with Crippen LogP contribution in [0.15, 0.2) is 66.0 Å². The Bertz CT molecular complexity index is 941. The highest BCUT2D eigenvalue weighted by molar-refractivity contribution is 7.12. The molecule has 0 aliphatic carbocycles. The van der Waals surface area contributed by atoms with E-state index in [0.717, 1.165) is 36.2 Å². The number of rotatable bonds is 5. The molecular formula is C23H22ClNO2S. The fourth-order valence-corrected chi connectivity index (χ4v) is 4.67. The van der Waals surface area contributed by atoms with Crippen LogP contribution >= 0.6 is 22.9 Å². The lowest BCUT2D eigenvalue weighted by Crippen LogP contribution is -2.38. The first-order valence-corrected chi connectivity index (χ1v) is 10.8. The SMILES string of the molecule is O=C(c1cc(COc2ccccc2Cl)cs1)N1CCCCC1c1ccccc1. The Morgan fingerprint density at radius 2 is 1.89 bits per heavy atom. The van der Waals surface area contributed by atoms with Crippen molar-refractivity contribution < 1.29 is 9.53 Å². The van der Waals surface area contributed by atoms with Crippen LogP contribution in [-0.2, 0) is 6.61 Å². The molecule has 2 heterocycles. The molecule has 1 unspecified atom stereocenters. The van der Waals surface area contributed by atoms with Crippen LogP contribution in [0.4, 0.5) is 0 Å². The van der Waals surface area contributed by atoms with Gasteiger partial charge in [-0.1, -0.05) is 54.1 Å². The van der Waals surface area contributed by atoms with Gasteiger partial charge in [-0.25, -0.2) is 0 Å². The van der Waals surface area contributed by atoms with E-state index in [9.17, 15) is 4.79 Å². The lowest BCUT2D eigenvalue weighted by Gasteiger charge is -2.36. The van der Waals surface area contributed by atoms with Crippen LogP contribution in [0.5, 0.6) is 5.75 Å². The summed E-state index contributed by atoms with van der Waals surface area (Å²) in [7, 11) is 0. The average molecular weight is 412 g/mol. The second-order valence-corrected chi connectivity index (χ2v) is 8.28. The molecule has 5 heteroatoms. The number of piperidine rings is 1. The fraction of sp³-hybridized carbons (Fsp3) is 0.261. The van der Waals surface area contributed by atoms with Crippen LogP contribution < -0.4 is 4.74 Å². The normalized spacial score (nSPS) is 16.8. The van der Waals surface area contributed by atoms with E-state index >= 15 is 0 Å². The third kappa shape index (κ3) is 4.23. The van der Waals surface area contributed by atoms with Crippen molar-refractivity contribution in [3.8, 4) is 5.75 Å². The number of halogens is 1. The van der Waals surface area contributed by atoms with Gasteiger partial charge in [-0.3, -0.25) is 4.79 Å². The zero-order valence-corrected chi connectivity index (χ0v) is 17.1. The lowest BCUT2D eigenvalue weighted by atomic mass is 9.95. The van der Waals surface area contributed by atoms with Crippen molar-refractivity contribution in [2.75, 3.05) is 6.54 Å². The van der Waals surface area contributed by atoms with Gasteiger partial charge in [-0.15, -0.1) is 11.3 Å². The van der Waals surface area contributed by atoms with Gasteiger partial charge in [-0.05, 0) is 48.4 Å². The number of likely N-dealkylation sites (tertiary alicyclic amines) is 1. The first kappa shape index (κ1) is 19.0. The first-order chi connectivity index (χ1) is 13.7. The fourth-order valence-electron chi connectivity index (χ4n) is 3.62. The third-order valence-corrected chi connectivity index (χ3v) is 6.32. The summed E-state index contributed by atoms with van der Waals surface area (Å²) in [4.78, 5) is 16.0. The molecule has 1 aliphatic heterocycles. The second kappa shape index (κ2) is 8.80. The maximum absolute atomic E-state index is 13.2. The number of benzene rings is 2. The van der Waals surface area contributed by atoms with Crippen LogP contribution in [0, 0.1) is 0 Å². The van der Waals surface area contributed by atoms with E-state index < -0.39 is 0 Å². The van der Waals surface area contributed by atoms with Crippen molar-refractivity contribution in [3.63, 3.8) is 0 Å². The first-order valence-electron chi connectivity index (χ1n) is 9.53. The zero-order chi connectivity index (χ0) is 19.3. The van der Waals surface area contributed by atoms with E-state index in [1.807, 2.05) is 52.7 Å². The predicted molar refractivity (Wildman–Crippen MR) is 114 cm³/mol. The molecule has 2 aromatic carbocycles. The highest BCUT2D eigenvalue weighted by Crippen LogP contribution is 2.33. The minimum absolute atomic E-state index is 0.113. The number of amides is 1. The number of para-hydroxylation sites is 1. The molecule has 1 aromatic heterocycles. The van der Waals surface area contributed by atoms with E-state index in [-0.39, 0.29) is 11.9 Å². The highest BCUT2D eigenvalue weighted by Gasteiger charge is 2.29. The molecule has 0 spiro atoms. The van der Waals surface area contributed by atoms with Gasteiger partial charge in [0.25, 0.3) is 5.91 Å². The van der Waals surface area contributed by atoms with Crippen LogP contribution in [-0.4, -0.2) is 17.4 Å². The minimum atomic E-state index is 0.113. The van der Waals surface area contributed by atoms with Gasteiger partial charge in [0.05, 0.1) is 15.9 Å². The van der Waals surface area contributed by atoms with Gasteiger partial charge >= 0.3 is 0 Å². The van der Waals surface area contributed by atoms with Crippen molar-refractivity contribution in [2.24, 2.45) is 0 Å². The number of carbonyl (C=O) groups is 1. The summed E-state index contributed by atoms with van der Waals surface area (Å²) >= 11 is 7.62. The van der Waals surface area contributed by atoms with Crippen LogP contribution in [0.3, 0.4) is 0 Å². The third-order valence-electron chi connectivity index (χ3n) is 5.04. The predicted octanol–water partition coefficient (Wildman–Crippen LogP) is 6.35. The van der Waals surface area contributed by atoms with Crippen molar-refractivity contribution in [1.82, 2.24) is 4.90 Å². The summed E-state index contributed by atoms with van der Waals surface area (Å²) in [5.74, 6) is 0.769. The monoisotopic (exact) mass is 411 g/mol. The van der Waals surface area contributed by atoms with Gasteiger partial charge < -0.3 is 9.64 Å². The van der Waals surface area contributed by atoms with Gasteiger partial charge in [0.15, 0.2) is 0 Å². The number of thiophene rings is 1. The topological polar surface area (TPSA) is 29.5 Å². The smallest absolute Gasteiger partial charge is 0.264 e. The number of nitrogens with zero attached hydrogens (tertiary/aromatic N) is 1. The lowest BCUT2D eigenvalue weighted by molar-refractivity contribution is 0.0616. The molecule has 1 saturated heterocycles. The maximum Gasteiger partial charge on any atom is 0.264 e. The average Bonchev–Trinajstić information content (AvgIpc) is 3.22. The summed E-state index contributed by atoms with van der Waals surface area (Å²) in [6, 6.07) is 19.9. The van der Waals surface area contributed by atoms with E-state index in [2.05, 4.69) is 12.1 Å². The summed E-state index contributed by atoms with van der Waals surface area (Å²) in [5, 5.41) is 2.58. The Morgan fingerprint density at radius 3 is 2.71 bits per heavy atom. The summed E-state index contributed by atoms with van der Waals surface area (Å²) < 4.78 is 5.80. The van der Waals surface area contributed by atoms with Gasteiger partial charge in [0.1, 0.15) is 12.4 Å². The van der Waals surface area contributed by atoms with Crippen molar-refractivity contribution in [3.05, 3.63) is 87.1 Å². The molecule has 4 rings (SSSR count). The van der Waals surface area contributed by atoms with Crippen molar-refractivity contribution in [2.45, 2.75) is 31.9 Å². The van der Waals surface area contributed by atoms with Gasteiger partial charge in [-0.2, -0.15) is 0 Å². The Morgan fingerprint density at radius 1 is 1.11 bits per heavy atom. The molecule has 0 N–H and O–H groups in total. The quantitative estimate of drug-likeness (QED) is 0.489. The van der Waals surface area contributed by atoms with Crippen molar-refractivity contribution >= 4 is 28.8 Å². The van der Waals surface area contributed by atoms with E-state index in [1.54, 1.807) is 6.07 Å². The maximum atomic E-state index is 13.2. The molecule has 1 atom stereocenters. The molecule has 0 radical (unpaired) electrons. The summed E-state index contributed by atoms with van der Waals surface area (Å²) in [6.45, 7) is 1.21. The van der Waals surface area contributed by atoms with Crippen molar-refractivity contribution in [1.29, 1.82) is 0 Å². The second-order valence-electron chi connectivity index (χ2n) is 6.96. The molecular weight excluding hydrogens is 390 g/mol. The Kier molecular flexibility index (Phi) is 5.98. The zero-order valence-electron chi connectivity index (χ0n) is 15.5. The Hall–Kier alpha value is -2.30. The number of carbonyl (C=O) groups excluding carboxylic acids is 1. The highest BCUT2D eigenvalue weighted by atomic mass is 35.5. The molecule has 1 aliphatic rings. The molecule has 1 amide bonds. The standard InChI is InChI=1S/C23H22ClNO2S/c24-19-10-4-5-12-21(19)27-15-17-14-22(28-16-17)23(26)25-13-7-6-11-20(25)18-8-2-1-3-9-18/h1-5,8-10,12,14,16,20H,6-7,11,13,15H2. The number of ether oxygens (including phenoxy) is 1. The summed E-state index contributed by atoms with van der Waals surface area (Å²) in [5.41, 5.74) is 2.20. The largest absolute Gasteiger partial charge is 0.487 e. The van der Waals surface area contributed by atoms with Crippen LogP contribution in [0.2, 0.25) is 5.02 Å².